The molecule has 0 bridgehead atoms. The Kier molecular flexibility index (Phi) is 4.39. The van der Waals surface area contributed by atoms with Crippen LogP contribution < -0.4 is 10.6 Å². The first kappa shape index (κ1) is 13.4. The van der Waals surface area contributed by atoms with E-state index in [4.69, 9.17) is 0 Å². The fraction of sp³-hybridized carbons (Fsp3) is 0.312. The molecule has 19 heavy (non-hydrogen) atoms. The van der Waals surface area contributed by atoms with Crippen molar-refractivity contribution in [3.8, 4) is 0 Å². The lowest BCUT2D eigenvalue weighted by atomic mass is 10.0. The van der Waals surface area contributed by atoms with Gasteiger partial charge in [-0.05, 0) is 36.6 Å². The number of benzene rings is 1. The van der Waals surface area contributed by atoms with Crippen LogP contribution in [0.2, 0.25) is 0 Å². The Labute approximate surface area is 115 Å². The third kappa shape index (κ3) is 3.71. The first-order chi connectivity index (χ1) is 9.19. The molecule has 2 aromatic rings. The summed E-state index contributed by atoms with van der Waals surface area (Å²) in [6.45, 7) is 7.34. The molecular weight excluding hydrogens is 234 g/mol. The first-order valence-electron chi connectivity index (χ1n) is 6.76. The van der Waals surface area contributed by atoms with Gasteiger partial charge in [-0.15, -0.1) is 0 Å². The SMILES string of the molecule is CCNc1cc(Nc2cccc(C(C)C)c2)ccn1. The van der Waals surface area contributed by atoms with E-state index in [1.807, 2.05) is 18.3 Å². The molecule has 0 aliphatic heterocycles. The molecule has 3 heteroatoms. The Balaban J connectivity index is 2.16. The van der Waals surface area contributed by atoms with E-state index >= 15 is 0 Å². The maximum absolute atomic E-state index is 4.27. The van der Waals surface area contributed by atoms with Crippen molar-refractivity contribution in [2.75, 3.05) is 17.2 Å². The Morgan fingerprint density at radius 3 is 2.63 bits per heavy atom. The summed E-state index contributed by atoms with van der Waals surface area (Å²) in [6.07, 6.45) is 1.81. The van der Waals surface area contributed by atoms with Crippen LogP contribution in [0.4, 0.5) is 17.2 Å². The Hall–Kier alpha value is -2.03. The van der Waals surface area contributed by atoms with Gasteiger partial charge in [0.25, 0.3) is 0 Å². The fourth-order valence-corrected chi connectivity index (χ4v) is 1.93. The van der Waals surface area contributed by atoms with E-state index in [0.717, 1.165) is 23.7 Å². The molecule has 2 N–H and O–H groups in total. The van der Waals surface area contributed by atoms with Crippen LogP contribution in [-0.4, -0.2) is 11.5 Å². The van der Waals surface area contributed by atoms with E-state index in [1.54, 1.807) is 0 Å². The van der Waals surface area contributed by atoms with Crippen LogP contribution in [0.1, 0.15) is 32.3 Å². The van der Waals surface area contributed by atoms with Crippen molar-refractivity contribution < 1.29 is 0 Å². The zero-order valence-electron chi connectivity index (χ0n) is 11.8. The summed E-state index contributed by atoms with van der Waals surface area (Å²) in [5.41, 5.74) is 3.50. The minimum atomic E-state index is 0.538. The van der Waals surface area contributed by atoms with E-state index in [1.165, 1.54) is 5.56 Å². The van der Waals surface area contributed by atoms with Gasteiger partial charge in [-0.25, -0.2) is 4.98 Å². The number of aromatic nitrogens is 1. The van der Waals surface area contributed by atoms with E-state index in [2.05, 4.69) is 60.7 Å². The van der Waals surface area contributed by atoms with Crippen molar-refractivity contribution in [2.45, 2.75) is 26.7 Å². The van der Waals surface area contributed by atoms with Gasteiger partial charge >= 0.3 is 0 Å². The highest BCUT2D eigenvalue weighted by Gasteiger charge is 2.01. The molecule has 0 fully saturated rings. The van der Waals surface area contributed by atoms with Crippen molar-refractivity contribution in [3.05, 3.63) is 48.2 Å². The van der Waals surface area contributed by atoms with Gasteiger partial charge in [0.05, 0.1) is 0 Å². The van der Waals surface area contributed by atoms with Gasteiger partial charge in [0.15, 0.2) is 0 Å². The summed E-state index contributed by atoms with van der Waals surface area (Å²) < 4.78 is 0. The number of nitrogens with zero attached hydrogens (tertiary/aromatic N) is 1. The molecule has 0 atom stereocenters. The lowest BCUT2D eigenvalue weighted by molar-refractivity contribution is 0.867. The molecule has 0 spiro atoms. The van der Waals surface area contributed by atoms with Crippen LogP contribution in [0.3, 0.4) is 0 Å². The highest BCUT2D eigenvalue weighted by molar-refractivity contribution is 5.63. The Bertz CT molecular complexity index is 535. The molecule has 1 heterocycles. The van der Waals surface area contributed by atoms with Gasteiger partial charge in [-0.1, -0.05) is 26.0 Å². The minimum Gasteiger partial charge on any atom is -0.370 e. The van der Waals surface area contributed by atoms with Crippen LogP contribution in [0.25, 0.3) is 0 Å². The fourth-order valence-electron chi connectivity index (χ4n) is 1.93. The topological polar surface area (TPSA) is 37.0 Å². The summed E-state index contributed by atoms with van der Waals surface area (Å²) in [5, 5.41) is 6.63. The number of rotatable bonds is 5. The first-order valence-corrected chi connectivity index (χ1v) is 6.76. The highest BCUT2D eigenvalue weighted by atomic mass is 15.0. The minimum absolute atomic E-state index is 0.538. The molecule has 0 unspecified atom stereocenters. The van der Waals surface area contributed by atoms with Crippen LogP contribution in [0, 0.1) is 0 Å². The smallest absolute Gasteiger partial charge is 0.127 e. The van der Waals surface area contributed by atoms with Crippen LogP contribution in [-0.2, 0) is 0 Å². The largest absolute Gasteiger partial charge is 0.370 e. The lowest BCUT2D eigenvalue weighted by Crippen LogP contribution is -2.00. The van der Waals surface area contributed by atoms with Crippen molar-refractivity contribution in [2.24, 2.45) is 0 Å². The number of anilines is 3. The number of pyridine rings is 1. The van der Waals surface area contributed by atoms with Gasteiger partial charge < -0.3 is 10.6 Å². The van der Waals surface area contributed by atoms with Crippen molar-refractivity contribution in [3.63, 3.8) is 0 Å². The molecule has 0 amide bonds. The maximum Gasteiger partial charge on any atom is 0.127 e. The molecule has 0 aliphatic rings. The second kappa shape index (κ2) is 6.23. The molecule has 0 aliphatic carbocycles. The molecule has 0 saturated carbocycles. The van der Waals surface area contributed by atoms with Gasteiger partial charge in [-0.2, -0.15) is 0 Å². The monoisotopic (exact) mass is 255 g/mol. The molecule has 0 saturated heterocycles. The average Bonchev–Trinajstić information content (AvgIpc) is 2.40. The van der Waals surface area contributed by atoms with E-state index < -0.39 is 0 Å². The maximum atomic E-state index is 4.27. The molecule has 100 valence electrons. The van der Waals surface area contributed by atoms with E-state index in [-0.39, 0.29) is 0 Å². The number of hydrogen-bond donors (Lipinski definition) is 2. The lowest BCUT2D eigenvalue weighted by Gasteiger charge is -2.11. The molecule has 1 aromatic heterocycles. The van der Waals surface area contributed by atoms with Crippen molar-refractivity contribution >= 4 is 17.2 Å². The van der Waals surface area contributed by atoms with Crippen LogP contribution in [0.15, 0.2) is 42.6 Å². The highest BCUT2D eigenvalue weighted by Crippen LogP contribution is 2.22. The predicted octanol–water partition coefficient (Wildman–Crippen LogP) is 4.38. The summed E-state index contributed by atoms with van der Waals surface area (Å²) in [6, 6.07) is 12.5. The summed E-state index contributed by atoms with van der Waals surface area (Å²) in [4.78, 5) is 4.27. The standard InChI is InChI=1S/C16H21N3/c1-4-17-16-11-15(8-9-18-16)19-14-7-5-6-13(10-14)12(2)3/h5-12H,4H2,1-3H3,(H2,17,18,19). The summed E-state index contributed by atoms with van der Waals surface area (Å²) in [5.74, 6) is 1.43. The molecule has 0 radical (unpaired) electrons. The van der Waals surface area contributed by atoms with E-state index in [9.17, 15) is 0 Å². The van der Waals surface area contributed by atoms with E-state index in [0.29, 0.717) is 5.92 Å². The summed E-state index contributed by atoms with van der Waals surface area (Å²) >= 11 is 0. The van der Waals surface area contributed by atoms with Crippen LogP contribution in [0.5, 0.6) is 0 Å². The zero-order valence-corrected chi connectivity index (χ0v) is 11.8. The average molecular weight is 255 g/mol. The van der Waals surface area contributed by atoms with Crippen molar-refractivity contribution in [1.82, 2.24) is 4.98 Å². The quantitative estimate of drug-likeness (QED) is 0.832. The Morgan fingerprint density at radius 1 is 1.11 bits per heavy atom. The molecule has 2 rings (SSSR count). The second-order valence-corrected chi connectivity index (χ2v) is 4.87. The normalized spacial score (nSPS) is 10.5. The van der Waals surface area contributed by atoms with Gasteiger partial charge in [0, 0.05) is 30.2 Å². The van der Waals surface area contributed by atoms with Gasteiger partial charge in [0.2, 0.25) is 0 Å². The third-order valence-corrected chi connectivity index (χ3v) is 2.96. The van der Waals surface area contributed by atoms with Crippen molar-refractivity contribution in [1.29, 1.82) is 0 Å². The predicted molar refractivity (Wildman–Crippen MR) is 82.2 cm³/mol. The zero-order chi connectivity index (χ0) is 13.7. The number of nitrogens with one attached hydrogen (secondary N) is 2. The van der Waals surface area contributed by atoms with Gasteiger partial charge in [0.1, 0.15) is 5.82 Å². The second-order valence-electron chi connectivity index (χ2n) is 4.87. The van der Waals surface area contributed by atoms with Gasteiger partial charge in [-0.3, -0.25) is 0 Å². The molecular formula is C16H21N3. The molecule has 1 aromatic carbocycles. The number of hydrogen-bond acceptors (Lipinski definition) is 3. The summed E-state index contributed by atoms with van der Waals surface area (Å²) in [7, 11) is 0. The van der Waals surface area contributed by atoms with Crippen LogP contribution >= 0.6 is 0 Å². The Morgan fingerprint density at radius 2 is 1.89 bits per heavy atom. The third-order valence-electron chi connectivity index (χ3n) is 2.96. The molecule has 3 nitrogen and oxygen atoms in total.